The normalized spacial score (nSPS) is 10.8. The van der Waals surface area contributed by atoms with Crippen molar-refractivity contribution in [3.8, 4) is 0 Å². The van der Waals surface area contributed by atoms with E-state index in [0.717, 1.165) is 18.2 Å². The molecule has 2 aromatic rings. The Hall–Kier alpha value is -1.76. The Morgan fingerprint density at radius 2 is 2.16 bits per heavy atom. The Morgan fingerprint density at radius 1 is 1.37 bits per heavy atom. The number of non-ortho nitro benzene ring substituents is 1. The van der Waals surface area contributed by atoms with Gasteiger partial charge in [-0.2, -0.15) is 0 Å². The fourth-order valence-electron chi connectivity index (χ4n) is 1.86. The number of nitrogens with zero attached hydrogens (tertiary/aromatic N) is 3. The Morgan fingerprint density at radius 3 is 2.84 bits per heavy atom. The zero-order valence-corrected chi connectivity index (χ0v) is 11.7. The lowest BCUT2D eigenvalue weighted by molar-refractivity contribution is -0.384. The van der Waals surface area contributed by atoms with Crippen molar-refractivity contribution in [1.29, 1.82) is 0 Å². The molecule has 0 radical (unpaired) electrons. The summed E-state index contributed by atoms with van der Waals surface area (Å²) in [7, 11) is 0. The monoisotopic (exact) mass is 325 g/mol. The van der Waals surface area contributed by atoms with E-state index in [1.54, 1.807) is 6.07 Å². The van der Waals surface area contributed by atoms with E-state index in [-0.39, 0.29) is 11.2 Å². The van der Waals surface area contributed by atoms with Crippen LogP contribution in [0.1, 0.15) is 12.8 Å². The minimum Gasteiger partial charge on any atom is -0.305 e. The number of fused-ring (bicyclic) bond motifs is 1. The van der Waals surface area contributed by atoms with Gasteiger partial charge in [-0.15, -0.1) is 0 Å². The Kier molecular flexibility index (Phi) is 4.26. The average molecular weight is 326 g/mol. The maximum absolute atomic E-state index is 11.8. The molecule has 0 bridgehead atoms. The molecule has 1 heterocycles. The molecule has 0 spiro atoms. The third-order valence-corrected chi connectivity index (χ3v) is 3.37. The van der Waals surface area contributed by atoms with Gasteiger partial charge in [-0.25, -0.2) is 4.98 Å². The number of nitro groups is 1. The minimum absolute atomic E-state index is 0.0332. The topological polar surface area (TPSA) is 78.0 Å². The summed E-state index contributed by atoms with van der Waals surface area (Å²) in [6, 6.07) is 4.36. The van der Waals surface area contributed by atoms with Crippen molar-refractivity contribution >= 4 is 32.7 Å². The molecule has 100 valence electrons. The van der Waals surface area contributed by atoms with Crippen molar-refractivity contribution in [3.05, 3.63) is 44.9 Å². The predicted molar refractivity (Wildman–Crippen MR) is 75.7 cm³/mol. The van der Waals surface area contributed by atoms with Gasteiger partial charge >= 0.3 is 0 Å². The van der Waals surface area contributed by atoms with Crippen LogP contribution in [0.25, 0.3) is 11.0 Å². The number of unbranched alkanes of at least 4 members (excludes halogenated alkanes) is 1. The van der Waals surface area contributed by atoms with Gasteiger partial charge in [-0.05, 0) is 18.9 Å². The lowest BCUT2D eigenvalue weighted by Crippen LogP contribution is -2.20. The highest BCUT2D eigenvalue weighted by Crippen LogP contribution is 2.18. The number of halogens is 1. The number of hydrogen-bond acceptors (Lipinski definition) is 4. The van der Waals surface area contributed by atoms with Gasteiger partial charge in [-0.3, -0.25) is 14.9 Å². The molecular weight excluding hydrogens is 314 g/mol. The molecule has 2 rings (SSSR count). The Labute approximate surface area is 117 Å². The van der Waals surface area contributed by atoms with E-state index in [0.29, 0.717) is 17.6 Å². The van der Waals surface area contributed by atoms with Gasteiger partial charge in [0.05, 0.1) is 22.2 Å². The summed E-state index contributed by atoms with van der Waals surface area (Å²) in [6.45, 7) is 0.532. The number of benzene rings is 1. The summed E-state index contributed by atoms with van der Waals surface area (Å²) in [5.74, 6) is 0. The Bertz CT molecular complexity index is 669. The summed E-state index contributed by atoms with van der Waals surface area (Å²) in [4.78, 5) is 26.2. The van der Waals surface area contributed by atoms with Crippen LogP contribution in [-0.4, -0.2) is 19.8 Å². The highest BCUT2D eigenvalue weighted by Gasteiger charge is 2.10. The van der Waals surface area contributed by atoms with Gasteiger partial charge in [0, 0.05) is 24.0 Å². The molecule has 0 atom stereocenters. The lowest BCUT2D eigenvalue weighted by Gasteiger charge is -2.08. The molecule has 0 aliphatic carbocycles. The number of nitro benzene ring substituents is 1. The van der Waals surface area contributed by atoms with Gasteiger partial charge in [0.15, 0.2) is 0 Å². The number of alkyl halides is 1. The molecule has 0 fully saturated rings. The summed E-state index contributed by atoms with van der Waals surface area (Å²) in [5, 5.41) is 11.7. The van der Waals surface area contributed by atoms with E-state index in [9.17, 15) is 14.9 Å². The van der Waals surface area contributed by atoms with E-state index in [1.807, 2.05) is 0 Å². The number of aromatic nitrogens is 2. The first-order valence-corrected chi connectivity index (χ1v) is 6.95. The standard InChI is InChI=1S/C12H12BrN3O3/c13-5-1-2-6-15-11-7-9(16(18)19)3-4-10(11)14-8-12(15)17/h3-4,7-8H,1-2,5-6H2. The highest BCUT2D eigenvalue weighted by molar-refractivity contribution is 9.09. The average Bonchev–Trinajstić information content (AvgIpc) is 2.40. The van der Waals surface area contributed by atoms with Crippen LogP contribution in [0, 0.1) is 10.1 Å². The molecule has 0 saturated carbocycles. The maximum Gasteiger partial charge on any atom is 0.271 e. The van der Waals surface area contributed by atoms with Crippen LogP contribution in [0.2, 0.25) is 0 Å². The van der Waals surface area contributed by atoms with Gasteiger partial charge < -0.3 is 4.57 Å². The SMILES string of the molecule is O=c1cnc2ccc([N+](=O)[O-])cc2n1CCCCBr. The van der Waals surface area contributed by atoms with Crippen molar-refractivity contribution < 1.29 is 4.92 Å². The lowest BCUT2D eigenvalue weighted by atomic mass is 10.2. The van der Waals surface area contributed by atoms with Crippen LogP contribution in [0.5, 0.6) is 0 Å². The van der Waals surface area contributed by atoms with E-state index >= 15 is 0 Å². The molecule has 0 aliphatic heterocycles. The number of hydrogen-bond donors (Lipinski definition) is 0. The van der Waals surface area contributed by atoms with Crippen LogP contribution in [0.3, 0.4) is 0 Å². The number of aryl methyl sites for hydroxylation is 1. The summed E-state index contributed by atoms with van der Waals surface area (Å²) in [5.41, 5.74) is 0.831. The minimum atomic E-state index is -0.472. The number of rotatable bonds is 5. The maximum atomic E-state index is 11.8. The van der Waals surface area contributed by atoms with Crippen molar-refractivity contribution in [2.45, 2.75) is 19.4 Å². The molecule has 0 saturated heterocycles. The van der Waals surface area contributed by atoms with Crippen molar-refractivity contribution in [2.75, 3.05) is 5.33 Å². The second-order valence-corrected chi connectivity index (χ2v) is 4.87. The molecule has 7 heteroatoms. The first-order chi connectivity index (χ1) is 9.13. The molecule has 1 aromatic carbocycles. The molecular formula is C12H12BrN3O3. The van der Waals surface area contributed by atoms with E-state index in [1.165, 1.54) is 22.9 Å². The van der Waals surface area contributed by atoms with Crippen LogP contribution >= 0.6 is 15.9 Å². The molecule has 0 N–H and O–H groups in total. The van der Waals surface area contributed by atoms with Gasteiger partial charge in [0.2, 0.25) is 0 Å². The largest absolute Gasteiger partial charge is 0.305 e. The molecule has 0 aliphatic rings. The summed E-state index contributed by atoms with van der Waals surface area (Å²) >= 11 is 3.33. The van der Waals surface area contributed by atoms with Crippen LogP contribution in [0.4, 0.5) is 5.69 Å². The van der Waals surface area contributed by atoms with Crippen LogP contribution in [-0.2, 0) is 6.54 Å². The van der Waals surface area contributed by atoms with Gasteiger partial charge in [0.1, 0.15) is 0 Å². The third kappa shape index (κ3) is 2.98. The quantitative estimate of drug-likeness (QED) is 0.366. The molecule has 0 amide bonds. The first-order valence-electron chi connectivity index (χ1n) is 5.83. The zero-order valence-electron chi connectivity index (χ0n) is 10.1. The molecule has 6 nitrogen and oxygen atoms in total. The fraction of sp³-hybridized carbons (Fsp3) is 0.333. The molecule has 1 aromatic heterocycles. The molecule has 19 heavy (non-hydrogen) atoms. The summed E-state index contributed by atoms with van der Waals surface area (Å²) < 4.78 is 1.54. The van der Waals surface area contributed by atoms with Gasteiger partial charge in [-0.1, -0.05) is 15.9 Å². The second-order valence-electron chi connectivity index (χ2n) is 4.07. The second kappa shape index (κ2) is 5.92. The fourth-order valence-corrected chi connectivity index (χ4v) is 2.26. The zero-order chi connectivity index (χ0) is 13.8. The van der Waals surface area contributed by atoms with Gasteiger partial charge in [0.25, 0.3) is 11.2 Å². The highest BCUT2D eigenvalue weighted by atomic mass is 79.9. The van der Waals surface area contributed by atoms with Crippen LogP contribution in [0.15, 0.2) is 29.2 Å². The van der Waals surface area contributed by atoms with Crippen LogP contribution < -0.4 is 5.56 Å². The van der Waals surface area contributed by atoms with E-state index in [2.05, 4.69) is 20.9 Å². The van der Waals surface area contributed by atoms with Crippen molar-refractivity contribution in [3.63, 3.8) is 0 Å². The third-order valence-electron chi connectivity index (χ3n) is 2.81. The Balaban J connectivity index is 2.52. The smallest absolute Gasteiger partial charge is 0.271 e. The summed E-state index contributed by atoms with van der Waals surface area (Å²) in [6.07, 6.45) is 3.01. The predicted octanol–water partition coefficient (Wildman–Crippen LogP) is 2.48. The van der Waals surface area contributed by atoms with Crippen molar-refractivity contribution in [1.82, 2.24) is 9.55 Å². The van der Waals surface area contributed by atoms with E-state index < -0.39 is 4.92 Å². The van der Waals surface area contributed by atoms with E-state index in [4.69, 9.17) is 0 Å². The first kappa shape index (κ1) is 13.7. The molecule has 0 unspecified atom stereocenters. The van der Waals surface area contributed by atoms with Crippen molar-refractivity contribution in [2.24, 2.45) is 0 Å².